The molecule has 1 rings (SSSR count). The van der Waals surface area contributed by atoms with Crippen molar-refractivity contribution in [3.05, 3.63) is 18.2 Å². The van der Waals surface area contributed by atoms with Crippen molar-refractivity contribution < 1.29 is 4.57 Å². The van der Waals surface area contributed by atoms with Crippen molar-refractivity contribution in [2.45, 2.75) is 169 Å². The van der Waals surface area contributed by atoms with Crippen LogP contribution < -0.4 is 4.57 Å². The molecule has 0 aliphatic carbocycles. The van der Waals surface area contributed by atoms with Gasteiger partial charge in [0.1, 0.15) is 12.4 Å². The molecule has 0 bridgehead atoms. The Balaban J connectivity index is 2.04. The fourth-order valence-corrected chi connectivity index (χ4v) is 4.80. The van der Waals surface area contributed by atoms with Crippen LogP contribution in [0.3, 0.4) is 0 Å². The number of nitrogens with zero attached hydrogens (tertiary/aromatic N) is 2. The van der Waals surface area contributed by atoms with E-state index in [0.717, 1.165) is 0 Å². The van der Waals surface area contributed by atoms with Crippen LogP contribution >= 0.6 is 0 Å². The molecule has 0 fully saturated rings. The maximum absolute atomic E-state index is 2.55. The molecule has 0 spiro atoms. The summed E-state index contributed by atoms with van der Waals surface area (Å²) in [5.74, 6) is 1.58. The summed E-state index contributed by atoms with van der Waals surface area (Å²) < 4.78 is 5.07. The summed E-state index contributed by atoms with van der Waals surface area (Å²) in [5, 5.41) is 0. The minimum atomic E-state index is 1.18. The van der Waals surface area contributed by atoms with E-state index in [1.807, 2.05) is 0 Å². The van der Waals surface area contributed by atoms with Crippen LogP contribution in [0.25, 0.3) is 0 Å². The standard InChI is InChI=1S/C29H57N2/c1-4-7-9-11-12-13-14-15-16-17-18-19-20-21-22-24-29-30(25-6-3)27-28-31(29)26-23-10-8-5-2/h27-28H,4-26H2,1-3H3/q+1. The number of hydrogen-bond donors (Lipinski definition) is 0. The van der Waals surface area contributed by atoms with E-state index in [9.17, 15) is 0 Å². The molecule has 2 heteroatoms. The lowest BCUT2D eigenvalue weighted by atomic mass is 10.0. The number of hydrogen-bond acceptors (Lipinski definition) is 0. The van der Waals surface area contributed by atoms with Gasteiger partial charge in [-0.25, -0.2) is 9.13 Å². The van der Waals surface area contributed by atoms with Gasteiger partial charge in [0.25, 0.3) is 5.82 Å². The zero-order chi connectivity index (χ0) is 22.4. The fraction of sp³-hybridized carbons (Fsp3) is 0.897. The second-order valence-corrected chi connectivity index (χ2v) is 9.86. The molecule has 0 unspecified atom stereocenters. The summed E-state index contributed by atoms with van der Waals surface area (Å²) in [6.07, 6.45) is 34.2. The van der Waals surface area contributed by atoms with Crippen molar-refractivity contribution in [2.75, 3.05) is 0 Å². The number of aryl methyl sites for hydroxylation is 2. The van der Waals surface area contributed by atoms with Crippen LogP contribution in [0.2, 0.25) is 0 Å². The molecule has 31 heavy (non-hydrogen) atoms. The molecular weight excluding hydrogens is 376 g/mol. The molecule has 0 radical (unpaired) electrons. The predicted octanol–water partition coefficient (Wildman–Crippen LogP) is 9.18. The summed E-state index contributed by atoms with van der Waals surface area (Å²) >= 11 is 0. The predicted molar refractivity (Wildman–Crippen MR) is 138 cm³/mol. The van der Waals surface area contributed by atoms with E-state index >= 15 is 0 Å². The third-order valence-corrected chi connectivity index (χ3v) is 6.81. The Morgan fingerprint density at radius 2 is 1.00 bits per heavy atom. The maximum atomic E-state index is 2.55. The lowest BCUT2D eigenvalue weighted by Crippen LogP contribution is -2.37. The monoisotopic (exact) mass is 433 g/mol. The van der Waals surface area contributed by atoms with Gasteiger partial charge in [0.2, 0.25) is 0 Å². The molecular formula is C29H57N2+. The zero-order valence-corrected chi connectivity index (χ0v) is 21.8. The van der Waals surface area contributed by atoms with Crippen molar-refractivity contribution in [3.63, 3.8) is 0 Å². The van der Waals surface area contributed by atoms with Gasteiger partial charge in [-0.1, -0.05) is 124 Å². The van der Waals surface area contributed by atoms with Crippen molar-refractivity contribution >= 4 is 0 Å². The van der Waals surface area contributed by atoms with Gasteiger partial charge >= 0.3 is 0 Å². The van der Waals surface area contributed by atoms with Crippen LogP contribution in [-0.2, 0) is 19.5 Å². The Morgan fingerprint density at radius 1 is 0.548 bits per heavy atom. The van der Waals surface area contributed by atoms with Gasteiger partial charge in [0.05, 0.1) is 13.1 Å². The molecule has 2 nitrogen and oxygen atoms in total. The first-order valence-corrected chi connectivity index (χ1v) is 14.4. The Hall–Kier alpha value is -0.790. The SMILES string of the molecule is CCCCCCCCCCCCCCCCCc1n(CCCCCC)cc[n+]1CCC. The highest BCUT2D eigenvalue weighted by molar-refractivity contribution is 4.84. The lowest BCUT2D eigenvalue weighted by Gasteiger charge is -2.06. The van der Waals surface area contributed by atoms with Gasteiger partial charge in [-0.15, -0.1) is 0 Å². The molecule has 1 aromatic rings. The molecule has 0 saturated heterocycles. The number of aromatic nitrogens is 2. The highest BCUT2D eigenvalue weighted by atomic mass is 15.1. The van der Waals surface area contributed by atoms with Crippen LogP contribution in [0.4, 0.5) is 0 Å². The van der Waals surface area contributed by atoms with Gasteiger partial charge < -0.3 is 0 Å². The third-order valence-electron chi connectivity index (χ3n) is 6.81. The van der Waals surface area contributed by atoms with E-state index in [0.29, 0.717) is 0 Å². The van der Waals surface area contributed by atoms with Gasteiger partial charge in [-0.3, -0.25) is 0 Å². The van der Waals surface area contributed by atoms with Crippen LogP contribution in [0.5, 0.6) is 0 Å². The van der Waals surface area contributed by atoms with E-state index in [-0.39, 0.29) is 0 Å². The van der Waals surface area contributed by atoms with E-state index in [4.69, 9.17) is 0 Å². The fourth-order valence-electron chi connectivity index (χ4n) is 4.80. The average Bonchev–Trinajstić information content (AvgIpc) is 3.15. The van der Waals surface area contributed by atoms with Crippen molar-refractivity contribution in [2.24, 2.45) is 0 Å². The Kier molecular flexibility index (Phi) is 19.2. The van der Waals surface area contributed by atoms with Crippen LogP contribution in [0, 0.1) is 0 Å². The van der Waals surface area contributed by atoms with Gasteiger partial charge in [0.15, 0.2) is 0 Å². The molecule has 0 aromatic carbocycles. The Labute approximate surface area is 196 Å². The van der Waals surface area contributed by atoms with Crippen molar-refractivity contribution in [3.8, 4) is 0 Å². The van der Waals surface area contributed by atoms with Crippen molar-refractivity contribution in [1.29, 1.82) is 0 Å². The zero-order valence-electron chi connectivity index (χ0n) is 21.8. The first-order chi connectivity index (χ1) is 15.3. The van der Waals surface area contributed by atoms with Gasteiger partial charge in [-0.2, -0.15) is 0 Å². The van der Waals surface area contributed by atoms with E-state index in [1.54, 1.807) is 5.82 Å². The van der Waals surface area contributed by atoms with Gasteiger partial charge in [0, 0.05) is 6.42 Å². The molecule has 0 N–H and O–H groups in total. The summed E-state index contributed by atoms with van der Waals surface area (Å²) in [6.45, 7) is 9.29. The second kappa shape index (κ2) is 21.1. The minimum absolute atomic E-state index is 1.18. The normalized spacial score (nSPS) is 11.5. The number of unbranched alkanes of at least 4 members (excludes halogenated alkanes) is 17. The van der Waals surface area contributed by atoms with E-state index in [1.165, 1.54) is 148 Å². The molecule has 1 heterocycles. The summed E-state index contributed by atoms with van der Waals surface area (Å²) in [6, 6.07) is 0. The highest BCUT2D eigenvalue weighted by Gasteiger charge is 2.15. The quantitative estimate of drug-likeness (QED) is 0.120. The minimum Gasteiger partial charge on any atom is -0.234 e. The summed E-state index contributed by atoms with van der Waals surface area (Å²) in [4.78, 5) is 0. The Bertz CT molecular complexity index is 491. The van der Waals surface area contributed by atoms with Crippen LogP contribution in [-0.4, -0.2) is 4.57 Å². The molecule has 1 aromatic heterocycles. The maximum Gasteiger partial charge on any atom is 0.256 e. The Morgan fingerprint density at radius 3 is 1.48 bits per heavy atom. The molecule has 0 aliphatic heterocycles. The topological polar surface area (TPSA) is 8.81 Å². The smallest absolute Gasteiger partial charge is 0.234 e. The largest absolute Gasteiger partial charge is 0.256 e. The van der Waals surface area contributed by atoms with Crippen molar-refractivity contribution in [1.82, 2.24) is 4.57 Å². The first kappa shape index (κ1) is 28.2. The second-order valence-electron chi connectivity index (χ2n) is 9.86. The van der Waals surface area contributed by atoms with Crippen LogP contribution in [0.1, 0.15) is 155 Å². The summed E-state index contributed by atoms with van der Waals surface area (Å²) in [7, 11) is 0. The molecule has 0 atom stereocenters. The molecule has 0 aliphatic rings. The molecule has 182 valence electrons. The van der Waals surface area contributed by atoms with E-state index < -0.39 is 0 Å². The average molecular weight is 434 g/mol. The first-order valence-electron chi connectivity index (χ1n) is 14.4. The number of imidazole rings is 1. The van der Waals surface area contributed by atoms with E-state index in [2.05, 4.69) is 42.3 Å². The van der Waals surface area contributed by atoms with Gasteiger partial charge in [-0.05, 0) is 25.7 Å². The molecule has 0 saturated carbocycles. The number of rotatable bonds is 23. The molecule has 0 amide bonds. The van der Waals surface area contributed by atoms with Crippen LogP contribution in [0.15, 0.2) is 12.4 Å². The summed E-state index contributed by atoms with van der Waals surface area (Å²) in [5.41, 5.74) is 0. The highest BCUT2D eigenvalue weighted by Crippen LogP contribution is 2.14. The third kappa shape index (κ3) is 14.8. The lowest BCUT2D eigenvalue weighted by molar-refractivity contribution is -0.703.